The molecule has 0 atom stereocenters. The van der Waals surface area contributed by atoms with E-state index < -0.39 is 11.7 Å². The van der Waals surface area contributed by atoms with E-state index in [1.807, 2.05) is 0 Å². The van der Waals surface area contributed by atoms with E-state index in [9.17, 15) is 13.2 Å². The van der Waals surface area contributed by atoms with Crippen molar-refractivity contribution in [2.24, 2.45) is 0 Å². The maximum atomic E-state index is 12.5. The lowest BCUT2D eigenvalue weighted by molar-refractivity contribution is -0.137. The van der Waals surface area contributed by atoms with Crippen LogP contribution >= 0.6 is 23.2 Å². The zero-order valence-corrected chi connectivity index (χ0v) is 11.6. The zero-order valence-electron chi connectivity index (χ0n) is 10.0. The van der Waals surface area contributed by atoms with E-state index in [0.29, 0.717) is 0 Å². The number of alkyl halides is 3. The maximum Gasteiger partial charge on any atom is 0.416 e. The Hall–Kier alpha value is -2.15. The number of halogens is 5. The summed E-state index contributed by atoms with van der Waals surface area (Å²) in [5, 5.41) is 17.9. The van der Waals surface area contributed by atoms with Gasteiger partial charge in [-0.15, -0.1) is 0 Å². The average Bonchev–Trinajstić information content (AvgIpc) is 2.69. The van der Waals surface area contributed by atoms with Gasteiger partial charge in [0.15, 0.2) is 6.19 Å². The number of hydrogen-bond donors (Lipinski definition) is 0. The van der Waals surface area contributed by atoms with Crippen molar-refractivity contribution in [3.8, 4) is 23.5 Å². The van der Waals surface area contributed by atoms with Crippen LogP contribution < -0.4 is 0 Å². The molecule has 0 fully saturated rings. The summed E-state index contributed by atoms with van der Waals surface area (Å²) in [4.78, 5) is 0. The third-order valence-corrected chi connectivity index (χ3v) is 3.58. The minimum absolute atomic E-state index is 0.0590. The SMILES string of the molecule is N#Cc1c(Cl)c(Cl)n(C#N)c1-c1ccc(C(F)(F)F)cc1. The van der Waals surface area contributed by atoms with E-state index in [2.05, 4.69) is 0 Å². The van der Waals surface area contributed by atoms with Crippen molar-refractivity contribution in [3.63, 3.8) is 0 Å². The molecule has 0 amide bonds. The fourth-order valence-corrected chi connectivity index (χ4v) is 2.23. The molecule has 3 nitrogen and oxygen atoms in total. The fourth-order valence-electron chi connectivity index (χ4n) is 1.80. The number of hydrogen-bond acceptors (Lipinski definition) is 2. The van der Waals surface area contributed by atoms with Crippen molar-refractivity contribution in [3.05, 3.63) is 45.6 Å². The number of nitrogens with zero attached hydrogens (tertiary/aromatic N) is 3. The Morgan fingerprint density at radius 3 is 2.05 bits per heavy atom. The summed E-state index contributed by atoms with van der Waals surface area (Å²) in [6.45, 7) is 0. The lowest BCUT2D eigenvalue weighted by atomic mass is 10.1. The predicted molar refractivity (Wildman–Crippen MR) is 70.6 cm³/mol. The van der Waals surface area contributed by atoms with Crippen molar-refractivity contribution in [2.45, 2.75) is 6.18 Å². The lowest BCUT2D eigenvalue weighted by Gasteiger charge is -2.08. The van der Waals surface area contributed by atoms with Crippen molar-refractivity contribution >= 4 is 23.2 Å². The molecule has 0 saturated carbocycles. The number of rotatable bonds is 1. The standard InChI is InChI=1S/C13H4Cl2F3N3/c14-10-9(5-19)11(21(6-20)12(10)15)7-1-3-8(4-2-7)13(16,17)18/h1-4H. The van der Waals surface area contributed by atoms with Crippen LogP contribution in [-0.4, -0.2) is 4.57 Å². The summed E-state index contributed by atoms with van der Waals surface area (Å²) >= 11 is 11.7. The van der Waals surface area contributed by atoms with Crippen LogP contribution in [0.5, 0.6) is 0 Å². The molecule has 0 aliphatic carbocycles. The summed E-state index contributed by atoms with van der Waals surface area (Å²) in [5.74, 6) is 0. The summed E-state index contributed by atoms with van der Waals surface area (Å²) in [6.07, 6.45) is -2.74. The van der Waals surface area contributed by atoms with Crippen molar-refractivity contribution in [1.82, 2.24) is 4.57 Å². The molecule has 0 N–H and O–H groups in total. The molecule has 0 bridgehead atoms. The van der Waals surface area contributed by atoms with Gasteiger partial charge in [0.1, 0.15) is 11.2 Å². The Balaban J connectivity index is 2.66. The third-order valence-electron chi connectivity index (χ3n) is 2.75. The van der Waals surface area contributed by atoms with Gasteiger partial charge in [-0.3, -0.25) is 0 Å². The Kier molecular flexibility index (Phi) is 3.87. The van der Waals surface area contributed by atoms with Gasteiger partial charge in [0.25, 0.3) is 0 Å². The smallest absolute Gasteiger partial charge is 0.233 e. The first-order valence-electron chi connectivity index (χ1n) is 5.38. The Morgan fingerprint density at radius 1 is 1.05 bits per heavy atom. The molecular weight excluding hydrogens is 326 g/mol. The van der Waals surface area contributed by atoms with E-state index in [-0.39, 0.29) is 27.0 Å². The van der Waals surface area contributed by atoms with E-state index in [1.54, 1.807) is 12.3 Å². The molecule has 0 unspecified atom stereocenters. The normalized spacial score (nSPS) is 11.0. The first kappa shape index (κ1) is 15.2. The van der Waals surface area contributed by atoms with Gasteiger partial charge in [-0.1, -0.05) is 35.3 Å². The molecule has 0 saturated heterocycles. The molecule has 1 heterocycles. The second kappa shape index (κ2) is 5.33. The highest BCUT2D eigenvalue weighted by atomic mass is 35.5. The van der Waals surface area contributed by atoms with Crippen LogP contribution in [0.25, 0.3) is 11.3 Å². The van der Waals surface area contributed by atoms with Crippen LogP contribution in [0.4, 0.5) is 13.2 Å². The summed E-state index contributed by atoms with van der Waals surface area (Å²) < 4.78 is 38.5. The molecule has 0 spiro atoms. The van der Waals surface area contributed by atoms with Crippen molar-refractivity contribution in [1.29, 1.82) is 10.5 Å². The van der Waals surface area contributed by atoms with Gasteiger partial charge < -0.3 is 0 Å². The molecule has 8 heteroatoms. The summed E-state index contributed by atoms with van der Waals surface area (Å²) in [6, 6.07) is 5.81. The van der Waals surface area contributed by atoms with Crippen LogP contribution in [-0.2, 0) is 6.18 Å². The minimum atomic E-state index is -4.47. The highest BCUT2D eigenvalue weighted by Gasteiger charge is 2.30. The van der Waals surface area contributed by atoms with E-state index in [1.165, 1.54) is 0 Å². The first-order valence-corrected chi connectivity index (χ1v) is 6.14. The molecule has 21 heavy (non-hydrogen) atoms. The predicted octanol–water partition coefficient (Wildman–Crippen LogP) is 4.68. The fraction of sp³-hybridized carbons (Fsp3) is 0.0769. The largest absolute Gasteiger partial charge is 0.416 e. The minimum Gasteiger partial charge on any atom is -0.233 e. The Bertz CT molecular complexity index is 740. The van der Waals surface area contributed by atoms with Crippen LogP contribution in [0, 0.1) is 22.8 Å². The summed E-state index contributed by atoms with van der Waals surface area (Å²) in [7, 11) is 0. The highest BCUT2D eigenvalue weighted by molar-refractivity contribution is 6.43. The molecule has 0 aliphatic rings. The topological polar surface area (TPSA) is 52.5 Å². The van der Waals surface area contributed by atoms with E-state index in [0.717, 1.165) is 28.8 Å². The number of benzene rings is 1. The van der Waals surface area contributed by atoms with Gasteiger partial charge in [0.2, 0.25) is 0 Å². The van der Waals surface area contributed by atoms with E-state index in [4.69, 9.17) is 33.7 Å². The van der Waals surface area contributed by atoms with Gasteiger partial charge in [0.05, 0.1) is 21.8 Å². The van der Waals surface area contributed by atoms with Gasteiger partial charge in [-0.05, 0) is 12.1 Å². The first-order chi connectivity index (χ1) is 9.81. The molecule has 2 aromatic rings. The van der Waals surface area contributed by atoms with Crippen molar-refractivity contribution in [2.75, 3.05) is 0 Å². The quantitative estimate of drug-likeness (QED) is 0.762. The average molecular weight is 330 g/mol. The molecule has 0 aliphatic heterocycles. The van der Waals surface area contributed by atoms with Gasteiger partial charge >= 0.3 is 6.18 Å². The van der Waals surface area contributed by atoms with Crippen LogP contribution in [0.15, 0.2) is 24.3 Å². The molecular formula is C13H4Cl2F3N3. The van der Waals surface area contributed by atoms with Crippen LogP contribution in [0.1, 0.15) is 11.1 Å². The zero-order chi connectivity index (χ0) is 15.8. The van der Waals surface area contributed by atoms with Crippen LogP contribution in [0.3, 0.4) is 0 Å². The molecule has 0 radical (unpaired) electrons. The second-order valence-corrected chi connectivity index (χ2v) is 4.69. The molecule has 2 rings (SSSR count). The Morgan fingerprint density at radius 2 is 1.62 bits per heavy atom. The third kappa shape index (κ3) is 2.56. The Labute approximate surface area is 127 Å². The molecule has 1 aromatic heterocycles. The maximum absolute atomic E-state index is 12.5. The number of nitriles is 2. The molecule has 106 valence electrons. The van der Waals surface area contributed by atoms with E-state index >= 15 is 0 Å². The van der Waals surface area contributed by atoms with Gasteiger partial charge in [0, 0.05) is 5.56 Å². The molecule has 1 aromatic carbocycles. The van der Waals surface area contributed by atoms with Crippen LogP contribution in [0.2, 0.25) is 10.2 Å². The van der Waals surface area contributed by atoms with Gasteiger partial charge in [-0.25, -0.2) is 4.57 Å². The highest BCUT2D eigenvalue weighted by Crippen LogP contribution is 2.38. The lowest BCUT2D eigenvalue weighted by Crippen LogP contribution is -2.04. The second-order valence-electron chi connectivity index (χ2n) is 3.95. The van der Waals surface area contributed by atoms with Gasteiger partial charge in [-0.2, -0.15) is 23.7 Å². The monoisotopic (exact) mass is 329 g/mol. The number of aromatic nitrogens is 1. The summed E-state index contributed by atoms with van der Waals surface area (Å²) in [5.41, 5.74) is -0.612. The van der Waals surface area contributed by atoms with Crippen molar-refractivity contribution < 1.29 is 13.2 Å².